The summed E-state index contributed by atoms with van der Waals surface area (Å²) in [6.45, 7) is 2.05. The molecule has 0 amide bonds. The van der Waals surface area contributed by atoms with Crippen LogP contribution < -0.4 is 16.1 Å². The minimum Gasteiger partial charge on any atom is -0.378 e. The van der Waals surface area contributed by atoms with Gasteiger partial charge in [0.1, 0.15) is 0 Å². The Morgan fingerprint density at radius 2 is 1.53 bits per heavy atom. The molecule has 0 aliphatic carbocycles. The van der Waals surface area contributed by atoms with Crippen molar-refractivity contribution >= 4 is 22.6 Å². The molecular formula is C24H24N6O2. The van der Waals surface area contributed by atoms with E-state index in [-0.39, 0.29) is 5.56 Å². The molecule has 5 rings (SSSR count). The van der Waals surface area contributed by atoms with Crippen LogP contribution in [0.1, 0.15) is 5.56 Å². The number of benzene rings is 2. The summed E-state index contributed by atoms with van der Waals surface area (Å²) in [5.41, 5.74) is 5.05. The molecule has 5 aromatic rings. The average Bonchev–Trinajstić information content (AvgIpc) is 3.33. The third-order valence-electron chi connectivity index (χ3n) is 5.94. The van der Waals surface area contributed by atoms with E-state index in [1.54, 1.807) is 11.4 Å². The number of anilines is 1. The standard InChI is InChI=1S/C24H24N6O2/c1-15-6-8-16(9-7-15)19-14-29-20-21(27(4)24(32)28(5)22(20)31)25-23(29)30(19)18-12-10-17(11-13-18)26(2)3/h6-14H,1-5H3. The van der Waals surface area contributed by atoms with Gasteiger partial charge >= 0.3 is 5.69 Å². The van der Waals surface area contributed by atoms with Crippen LogP contribution in [0.25, 0.3) is 33.9 Å². The molecule has 0 unspecified atom stereocenters. The van der Waals surface area contributed by atoms with Gasteiger partial charge < -0.3 is 4.90 Å². The van der Waals surface area contributed by atoms with Crippen LogP contribution in [0.4, 0.5) is 5.69 Å². The van der Waals surface area contributed by atoms with Crippen LogP contribution in [0.15, 0.2) is 64.3 Å². The smallest absolute Gasteiger partial charge is 0.332 e. The van der Waals surface area contributed by atoms with Gasteiger partial charge in [-0.05, 0) is 31.2 Å². The summed E-state index contributed by atoms with van der Waals surface area (Å²) in [7, 11) is 7.12. The van der Waals surface area contributed by atoms with Crippen LogP contribution in [-0.4, -0.2) is 37.2 Å². The van der Waals surface area contributed by atoms with Crippen molar-refractivity contribution in [2.75, 3.05) is 19.0 Å². The van der Waals surface area contributed by atoms with E-state index >= 15 is 0 Å². The molecule has 0 atom stereocenters. The Morgan fingerprint density at radius 3 is 2.16 bits per heavy atom. The average molecular weight is 428 g/mol. The third-order valence-corrected chi connectivity index (χ3v) is 5.94. The maximum Gasteiger partial charge on any atom is 0.332 e. The number of aromatic nitrogens is 5. The molecule has 0 fully saturated rings. The van der Waals surface area contributed by atoms with Crippen LogP contribution in [0.3, 0.4) is 0 Å². The zero-order valence-electron chi connectivity index (χ0n) is 18.7. The lowest BCUT2D eigenvalue weighted by atomic mass is 10.1. The van der Waals surface area contributed by atoms with E-state index in [1.807, 2.05) is 60.9 Å². The highest BCUT2D eigenvalue weighted by molar-refractivity contribution is 5.79. The molecule has 3 heterocycles. The Morgan fingerprint density at radius 1 is 0.875 bits per heavy atom. The zero-order valence-corrected chi connectivity index (χ0v) is 18.7. The number of hydrogen-bond donors (Lipinski definition) is 0. The van der Waals surface area contributed by atoms with Crippen molar-refractivity contribution in [3.05, 3.63) is 81.1 Å². The van der Waals surface area contributed by atoms with Gasteiger partial charge in [-0.3, -0.25) is 22.9 Å². The fourth-order valence-electron chi connectivity index (χ4n) is 4.05. The van der Waals surface area contributed by atoms with Gasteiger partial charge in [0, 0.05) is 51.3 Å². The van der Waals surface area contributed by atoms with Crippen molar-refractivity contribution in [1.29, 1.82) is 0 Å². The lowest BCUT2D eigenvalue weighted by Gasteiger charge is -2.14. The molecule has 0 radical (unpaired) electrons. The second-order valence-corrected chi connectivity index (χ2v) is 8.29. The number of aryl methyl sites for hydroxylation is 2. The number of fused-ring (bicyclic) bond motifs is 3. The molecule has 3 aromatic heterocycles. The first kappa shape index (κ1) is 19.9. The third kappa shape index (κ3) is 2.80. The summed E-state index contributed by atoms with van der Waals surface area (Å²) in [6.07, 6.45) is 1.92. The van der Waals surface area contributed by atoms with E-state index in [9.17, 15) is 9.59 Å². The van der Waals surface area contributed by atoms with Gasteiger partial charge in [0.15, 0.2) is 11.2 Å². The maximum absolute atomic E-state index is 13.0. The lowest BCUT2D eigenvalue weighted by molar-refractivity contribution is 0.708. The van der Waals surface area contributed by atoms with Gasteiger partial charge in [0.05, 0.1) is 5.69 Å². The Kier molecular flexibility index (Phi) is 4.33. The first-order valence-electron chi connectivity index (χ1n) is 10.3. The van der Waals surface area contributed by atoms with Gasteiger partial charge in [0.25, 0.3) is 5.56 Å². The maximum atomic E-state index is 13.0. The summed E-state index contributed by atoms with van der Waals surface area (Å²) in [6, 6.07) is 16.4. The van der Waals surface area contributed by atoms with Crippen LogP contribution >= 0.6 is 0 Å². The Balaban J connectivity index is 1.90. The second kappa shape index (κ2) is 6.98. The van der Waals surface area contributed by atoms with E-state index in [1.165, 1.54) is 17.2 Å². The van der Waals surface area contributed by atoms with E-state index < -0.39 is 5.69 Å². The summed E-state index contributed by atoms with van der Waals surface area (Å²) < 4.78 is 6.33. The topological polar surface area (TPSA) is 69.5 Å². The van der Waals surface area contributed by atoms with Crippen LogP contribution in [-0.2, 0) is 14.1 Å². The summed E-state index contributed by atoms with van der Waals surface area (Å²) >= 11 is 0. The van der Waals surface area contributed by atoms with Gasteiger partial charge in [-0.15, -0.1) is 0 Å². The number of nitrogens with zero attached hydrogens (tertiary/aromatic N) is 6. The van der Waals surface area contributed by atoms with Crippen LogP contribution in [0, 0.1) is 6.92 Å². The molecule has 0 aliphatic heterocycles. The quantitative estimate of drug-likeness (QED) is 0.443. The molecule has 0 N–H and O–H groups in total. The fraction of sp³-hybridized carbons (Fsp3) is 0.208. The summed E-state index contributed by atoms with van der Waals surface area (Å²) in [4.78, 5) is 32.2. The summed E-state index contributed by atoms with van der Waals surface area (Å²) in [5.74, 6) is 0.575. The van der Waals surface area contributed by atoms with E-state index in [2.05, 4.69) is 24.3 Å². The predicted octanol–water partition coefficient (Wildman–Crippen LogP) is 2.72. The molecule has 162 valence electrons. The number of imidazole rings is 2. The van der Waals surface area contributed by atoms with Crippen molar-refractivity contribution in [2.45, 2.75) is 6.92 Å². The number of rotatable bonds is 3. The van der Waals surface area contributed by atoms with E-state index in [4.69, 9.17) is 4.98 Å². The van der Waals surface area contributed by atoms with Crippen LogP contribution in [0.2, 0.25) is 0 Å². The normalized spacial score (nSPS) is 11.5. The highest BCUT2D eigenvalue weighted by atomic mass is 16.2. The minimum atomic E-state index is -0.399. The number of hydrogen-bond acceptors (Lipinski definition) is 4. The Bertz CT molecular complexity index is 1600. The lowest BCUT2D eigenvalue weighted by Crippen LogP contribution is -2.37. The van der Waals surface area contributed by atoms with Crippen molar-refractivity contribution in [1.82, 2.24) is 23.1 Å². The van der Waals surface area contributed by atoms with Crippen molar-refractivity contribution in [3.63, 3.8) is 0 Å². The monoisotopic (exact) mass is 428 g/mol. The highest BCUT2D eigenvalue weighted by Gasteiger charge is 2.21. The molecular weight excluding hydrogens is 404 g/mol. The van der Waals surface area contributed by atoms with E-state index in [0.717, 1.165) is 27.2 Å². The van der Waals surface area contributed by atoms with Crippen molar-refractivity contribution in [3.8, 4) is 16.9 Å². The summed E-state index contributed by atoms with van der Waals surface area (Å²) in [5, 5.41) is 0. The zero-order chi connectivity index (χ0) is 22.7. The molecule has 0 bridgehead atoms. The van der Waals surface area contributed by atoms with Crippen molar-refractivity contribution < 1.29 is 0 Å². The fourth-order valence-corrected chi connectivity index (χ4v) is 4.05. The molecule has 2 aromatic carbocycles. The van der Waals surface area contributed by atoms with Crippen LogP contribution in [0.5, 0.6) is 0 Å². The Hall–Kier alpha value is -4.07. The van der Waals surface area contributed by atoms with Gasteiger partial charge in [-0.1, -0.05) is 29.8 Å². The SMILES string of the molecule is Cc1ccc(-c2cn3c4c(=O)n(C)c(=O)n(C)c4nc3n2-c2ccc(N(C)C)cc2)cc1. The molecule has 0 spiro atoms. The molecule has 0 saturated heterocycles. The Labute approximate surface area is 184 Å². The predicted molar refractivity (Wildman–Crippen MR) is 127 cm³/mol. The van der Waals surface area contributed by atoms with Gasteiger partial charge in [-0.25, -0.2) is 4.79 Å². The second-order valence-electron chi connectivity index (χ2n) is 8.29. The first-order chi connectivity index (χ1) is 15.3. The molecule has 32 heavy (non-hydrogen) atoms. The highest BCUT2D eigenvalue weighted by Crippen LogP contribution is 2.29. The first-order valence-corrected chi connectivity index (χ1v) is 10.3. The van der Waals surface area contributed by atoms with Crippen molar-refractivity contribution in [2.24, 2.45) is 14.1 Å². The van der Waals surface area contributed by atoms with Gasteiger partial charge in [-0.2, -0.15) is 4.98 Å². The molecule has 0 saturated carbocycles. The van der Waals surface area contributed by atoms with Gasteiger partial charge in [0.2, 0.25) is 5.78 Å². The minimum absolute atomic E-state index is 0.363. The van der Waals surface area contributed by atoms with E-state index in [0.29, 0.717) is 16.9 Å². The molecule has 8 heteroatoms. The largest absolute Gasteiger partial charge is 0.378 e. The molecule has 8 nitrogen and oxygen atoms in total. The molecule has 0 aliphatic rings.